The zero-order chi connectivity index (χ0) is 61.6. The molecule has 438 valence electrons. The minimum Gasteiger partial charge on any atom is -0.310 e. The molecule has 0 radical (unpaired) electrons. The zero-order valence-electron chi connectivity index (χ0n) is 54.3. The first-order valence-electron chi connectivity index (χ1n) is 31.8. The fourth-order valence-corrected chi connectivity index (χ4v) is 14.3. The molecule has 1 aliphatic rings. The van der Waals surface area contributed by atoms with Gasteiger partial charge in [0, 0.05) is 55.7 Å². The van der Waals surface area contributed by atoms with Gasteiger partial charge in [0.1, 0.15) is 0 Å². The van der Waals surface area contributed by atoms with Crippen LogP contribution in [0.4, 0.5) is 34.1 Å². The van der Waals surface area contributed by atoms with Crippen molar-refractivity contribution in [3.8, 4) is 11.1 Å². The maximum atomic E-state index is 2.60. The Kier molecular flexibility index (Phi) is 13.0. The average molecular weight is 1150 g/mol. The Balaban J connectivity index is 1.02. The molecule has 0 fully saturated rings. The predicted octanol–water partition coefficient (Wildman–Crippen LogP) is 23.8. The summed E-state index contributed by atoms with van der Waals surface area (Å²) < 4.78 is 2.60. The van der Waals surface area contributed by atoms with Crippen molar-refractivity contribution in [3.63, 3.8) is 0 Å². The van der Waals surface area contributed by atoms with Gasteiger partial charge in [0.05, 0.1) is 22.0 Å². The summed E-state index contributed by atoms with van der Waals surface area (Å²) in [6.07, 6.45) is 0. The second kappa shape index (κ2) is 20.1. The molecule has 13 aromatic rings. The highest BCUT2D eigenvalue weighted by Crippen LogP contribution is 2.59. The molecule has 2 heterocycles. The van der Waals surface area contributed by atoms with Crippen molar-refractivity contribution < 1.29 is 0 Å². The highest BCUT2D eigenvalue weighted by Gasteiger charge is 2.47. The topological polar surface area (TPSA) is 10.9 Å². The van der Waals surface area contributed by atoms with Gasteiger partial charge in [-0.3, -0.25) is 0 Å². The average Bonchev–Trinajstić information content (AvgIpc) is 1.53. The molecule has 14 rings (SSSR count). The minimum atomic E-state index is -0.652. The van der Waals surface area contributed by atoms with Crippen molar-refractivity contribution in [2.75, 3.05) is 9.80 Å². The van der Waals surface area contributed by atoms with E-state index in [0.717, 1.165) is 34.1 Å². The zero-order valence-corrected chi connectivity index (χ0v) is 54.3. The molecule has 0 N–H and O–H groups in total. The van der Waals surface area contributed by atoms with Crippen LogP contribution in [0.15, 0.2) is 231 Å². The third-order valence-electron chi connectivity index (χ3n) is 19.3. The maximum absolute atomic E-state index is 2.60. The standard InChI is InChI=1S/C85H83N3/c1-80(2,3)56-26-34-63(35-27-56)86(64-36-28-57(29-37-64)81(4,5)6)67-42-44-69-71-46-54-47-72-74-51-62(84(13,14)15)50-73-70-45-43-68(87(65-38-30-58(31-39-65)82(7,8)9)66-40-32-59(33-41-66)83(10,11)12)53-78(70)88(79(73)74)77(72)49-55(54)48-75(71)85(76(69)52-67,60-22-18-16-19-23-60)61-24-20-17-21-25-61/h16-53H,1-15H3. The van der Waals surface area contributed by atoms with Crippen LogP contribution in [0.3, 0.4) is 0 Å². The van der Waals surface area contributed by atoms with Crippen LogP contribution in [0.2, 0.25) is 0 Å². The molecule has 0 atom stereocenters. The van der Waals surface area contributed by atoms with E-state index in [4.69, 9.17) is 0 Å². The van der Waals surface area contributed by atoms with Crippen LogP contribution in [0.1, 0.15) is 154 Å². The summed E-state index contributed by atoms with van der Waals surface area (Å²) >= 11 is 0. The van der Waals surface area contributed by atoms with E-state index in [1.54, 1.807) is 0 Å². The van der Waals surface area contributed by atoms with Crippen LogP contribution in [0.5, 0.6) is 0 Å². The minimum absolute atomic E-state index is 0.0252. The van der Waals surface area contributed by atoms with Crippen LogP contribution in [-0.4, -0.2) is 4.40 Å². The largest absolute Gasteiger partial charge is 0.310 e. The van der Waals surface area contributed by atoms with Crippen molar-refractivity contribution in [1.29, 1.82) is 0 Å². The third-order valence-corrected chi connectivity index (χ3v) is 19.3. The lowest BCUT2D eigenvalue weighted by atomic mass is 9.67. The molecule has 0 amide bonds. The van der Waals surface area contributed by atoms with E-state index in [1.165, 1.54) is 110 Å². The van der Waals surface area contributed by atoms with E-state index in [0.29, 0.717) is 0 Å². The van der Waals surface area contributed by atoms with Crippen LogP contribution >= 0.6 is 0 Å². The van der Waals surface area contributed by atoms with Crippen molar-refractivity contribution in [3.05, 3.63) is 281 Å². The van der Waals surface area contributed by atoms with Crippen LogP contribution in [-0.2, 0) is 32.5 Å². The molecule has 3 heteroatoms. The molecule has 11 aromatic carbocycles. The summed E-state index contributed by atoms with van der Waals surface area (Å²) in [5.41, 5.74) is 24.0. The summed E-state index contributed by atoms with van der Waals surface area (Å²) in [4.78, 5) is 4.91. The molecule has 0 aliphatic heterocycles. The van der Waals surface area contributed by atoms with Gasteiger partial charge in [0.2, 0.25) is 0 Å². The summed E-state index contributed by atoms with van der Waals surface area (Å²) in [5, 5.41) is 7.58. The van der Waals surface area contributed by atoms with Gasteiger partial charge < -0.3 is 14.2 Å². The molecule has 0 saturated heterocycles. The van der Waals surface area contributed by atoms with Gasteiger partial charge in [-0.2, -0.15) is 0 Å². The van der Waals surface area contributed by atoms with E-state index in [2.05, 4.69) is 349 Å². The van der Waals surface area contributed by atoms with Gasteiger partial charge in [-0.15, -0.1) is 0 Å². The first-order valence-corrected chi connectivity index (χ1v) is 31.8. The van der Waals surface area contributed by atoms with Gasteiger partial charge in [0.15, 0.2) is 0 Å². The van der Waals surface area contributed by atoms with Crippen molar-refractivity contribution in [1.82, 2.24) is 4.40 Å². The van der Waals surface area contributed by atoms with Crippen molar-refractivity contribution >= 4 is 83.0 Å². The number of nitrogens with zero attached hydrogens (tertiary/aromatic N) is 3. The van der Waals surface area contributed by atoms with Gasteiger partial charge in [-0.25, -0.2) is 0 Å². The van der Waals surface area contributed by atoms with E-state index in [-0.39, 0.29) is 27.1 Å². The Bertz CT molecular complexity index is 4640. The fourth-order valence-electron chi connectivity index (χ4n) is 14.3. The number of hydrogen-bond acceptors (Lipinski definition) is 2. The number of fused-ring (bicyclic) bond motifs is 10. The number of hydrogen-bond donors (Lipinski definition) is 0. The maximum Gasteiger partial charge on any atom is 0.0714 e. The quantitative estimate of drug-likeness (QED) is 0.150. The molecule has 0 bridgehead atoms. The Hall–Kier alpha value is -8.92. The van der Waals surface area contributed by atoms with Gasteiger partial charge in [-0.1, -0.05) is 225 Å². The third kappa shape index (κ3) is 9.30. The molecule has 0 unspecified atom stereocenters. The highest BCUT2D eigenvalue weighted by molar-refractivity contribution is 6.25. The lowest BCUT2D eigenvalue weighted by Gasteiger charge is -2.35. The molecular weight excluding hydrogens is 1060 g/mol. The van der Waals surface area contributed by atoms with Crippen LogP contribution in [0.25, 0.3) is 60.0 Å². The smallest absolute Gasteiger partial charge is 0.0714 e. The lowest BCUT2D eigenvalue weighted by Crippen LogP contribution is -2.28. The van der Waals surface area contributed by atoms with Gasteiger partial charge in [0.25, 0.3) is 0 Å². The number of anilines is 6. The van der Waals surface area contributed by atoms with E-state index < -0.39 is 5.41 Å². The molecule has 88 heavy (non-hydrogen) atoms. The summed E-state index contributed by atoms with van der Waals surface area (Å²) in [6.45, 7) is 34.6. The van der Waals surface area contributed by atoms with Gasteiger partial charge >= 0.3 is 0 Å². The van der Waals surface area contributed by atoms with Crippen LogP contribution < -0.4 is 9.80 Å². The number of rotatable bonds is 8. The molecule has 2 aromatic heterocycles. The first-order chi connectivity index (χ1) is 41.8. The molecular formula is C85H83N3. The highest BCUT2D eigenvalue weighted by atomic mass is 15.1. The van der Waals surface area contributed by atoms with E-state index in [1.807, 2.05) is 0 Å². The van der Waals surface area contributed by atoms with Crippen LogP contribution in [0, 0.1) is 0 Å². The fraction of sp³-hybridized carbons (Fsp3) is 0.247. The monoisotopic (exact) mass is 1150 g/mol. The predicted molar refractivity (Wildman–Crippen MR) is 379 cm³/mol. The lowest BCUT2D eigenvalue weighted by molar-refractivity contribution is 0.590. The van der Waals surface area contributed by atoms with E-state index in [9.17, 15) is 0 Å². The van der Waals surface area contributed by atoms with Crippen molar-refractivity contribution in [2.24, 2.45) is 0 Å². The number of benzene rings is 11. The number of aromatic nitrogens is 1. The second-order valence-electron chi connectivity index (χ2n) is 30.4. The second-order valence-corrected chi connectivity index (χ2v) is 30.4. The summed E-state index contributed by atoms with van der Waals surface area (Å²) in [5.74, 6) is 0. The Labute approximate surface area is 522 Å². The Morgan fingerprint density at radius 3 is 1.07 bits per heavy atom. The first kappa shape index (κ1) is 56.9. The van der Waals surface area contributed by atoms with E-state index >= 15 is 0 Å². The molecule has 0 saturated carbocycles. The SMILES string of the molecule is CC(C)(C)c1ccc(N(c2ccc(C(C)(C)C)cc2)c2ccc3c(c2)C(c2ccccc2)(c2ccccc2)c2cc4cc5c(cc4cc2-3)c2cc(C(C)(C)C)cc3c4ccc(N(c6ccc(C(C)(C)C)cc6)c6ccc(C(C)(C)C)cc6)cc4n5c32)cc1. The normalized spacial score (nSPS) is 13.7. The molecule has 1 aliphatic carbocycles. The van der Waals surface area contributed by atoms with Gasteiger partial charge in [-0.05, 0) is 208 Å². The Morgan fingerprint density at radius 2 is 0.636 bits per heavy atom. The van der Waals surface area contributed by atoms with Crippen molar-refractivity contribution in [2.45, 2.75) is 136 Å². The summed E-state index contributed by atoms with van der Waals surface area (Å²) in [7, 11) is 0. The molecule has 3 nitrogen and oxygen atoms in total. The Morgan fingerprint density at radius 1 is 0.273 bits per heavy atom. The molecule has 0 spiro atoms. The summed E-state index contributed by atoms with van der Waals surface area (Å²) in [6, 6.07) is 89.1.